The first-order chi connectivity index (χ1) is 6.75. The third-order valence-electron chi connectivity index (χ3n) is 2.57. The van der Waals surface area contributed by atoms with Crippen LogP contribution in [0.25, 0.3) is 0 Å². The van der Waals surface area contributed by atoms with Gasteiger partial charge in [0.1, 0.15) is 0 Å². The summed E-state index contributed by atoms with van der Waals surface area (Å²) in [5.74, 6) is 0.743. The minimum absolute atomic E-state index is 0.272. The summed E-state index contributed by atoms with van der Waals surface area (Å²) < 4.78 is 0. The molecule has 0 aliphatic carbocycles. The van der Waals surface area contributed by atoms with E-state index in [1.807, 2.05) is 0 Å². The summed E-state index contributed by atoms with van der Waals surface area (Å²) in [5, 5.41) is 3.50. The Kier molecular flexibility index (Phi) is 6.46. The quantitative estimate of drug-likeness (QED) is 0.684. The smallest absolute Gasteiger partial charge is 0.0128 e. The molecule has 0 unspecified atom stereocenters. The molecule has 0 aliphatic rings. The molecule has 0 saturated carbocycles. The molecule has 0 atom stereocenters. The van der Waals surface area contributed by atoms with Crippen LogP contribution < -0.4 is 5.32 Å². The summed E-state index contributed by atoms with van der Waals surface area (Å²) in [7, 11) is 0. The van der Waals surface area contributed by atoms with E-state index in [0.717, 1.165) is 25.6 Å². The number of rotatable bonds is 6. The van der Waals surface area contributed by atoms with Gasteiger partial charge in [-0.05, 0) is 47.1 Å². The summed E-state index contributed by atoms with van der Waals surface area (Å²) >= 11 is 0. The van der Waals surface area contributed by atoms with Crippen LogP contribution in [0.4, 0.5) is 0 Å². The first-order valence-electron chi connectivity index (χ1n) is 6.22. The highest BCUT2D eigenvalue weighted by atomic mass is 15.2. The zero-order valence-corrected chi connectivity index (χ0v) is 11.7. The highest BCUT2D eigenvalue weighted by Crippen LogP contribution is 2.15. The molecule has 0 heterocycles. The second kappa shape index (κ2) is 6.49. The van der Waals surface area contributed by atoms with E-state index < -0.39 is 0 Å². The van der Waals surface area contributed by atoms with E-state index >= 15 is 0 Å². The summed E-state index contributed by atoms with van der Waals surface area (Å²) in [6.07, 6.45) is 0. The van der Waals surface area contributed by atoms with Gasteiger partial charge in [-0.1, -0.05) is 13.8 Å². The van der Waals surface area contributed by atoms with Gasteiger partial charge in [-0.25, -0.2) is 0 Å². The van der Waals surface area contributed by atoms with Gasteiger partial charge in [0.25, 0.3) is 0 Å². The van der Waals surface area contributed by atoms with E-state index in [9.17, 15) is 0 Å². The van der Waals surface area contributed by atoms with Crippen molar-refractivity contribution in [3.05, 3.63) is 0 Å². The van der Waals surface area contributed by atoms with Crippen molar-refractivity contribution in [3.63, 3.8) is 0 Å². The van der Waals surface area contributed by atoms with Gasteiger partial charge < -0.3 is 5.32 Å². The van der Waals surface area contributed by atoms with Crippen molar-refractivity contribution >= 4 is 0 Å². The van der Waals surface area contributed by atoms with Crippen molar-refractivity contribution in [1.82, 2.24) is 10.2 Å². The van der Waals surface area contributed by atoms with Crippen molar-refractivity contribution in [2.45, 2.75) is 60.0 Å². The molecule has 0 aromatic carbocycles. The average molecular weight is 214 g/mol. The molecule has 0 aliphatic heterocycles. The Hall–Kier alpha value is -0.0800. The minimum Gasteiger partial charge on any atom is -0.315 e. The lowest BCUT2D eigenvalue weighted by molar-refractivity contribution is 0.0999. The van der Waals surface area contributed by atoms with Gasteiger partial charge in [0, 0.05) is 24.7 Å². The molecule has 0 amide bonds. The first-order valence-corrected chi connectivity index (χ1v) is 6.22. The molecule has 1 N–H and O–H groups in total. The molecule has 92 valence electrons. The molecular formula is C13H30N2. The summed E-state index contributed by atoms with van der Waals surface area (Å²) in [6, 6.07) is 0.617. The van der Waals surface area contributed by atoms with Crippen molar-refractivity contribution < 1.29 is 0 Å². The van der Waals surface area contributed by atoms with Crippen LogP contribution >= 0.6 is 0 Å². The second-order valence-corrected chi connectivity index (χ2v) is 6.06. The molecule has 2 nitrogen and oxygen atoms in total. The molecule has 0 rings (SSSR count). The van der Waals surface area contributed by atoms with E-state index in [-0.39, 0.29) is 5.54 Å². The third-order valence-corrected chi connectivity index (χ3v) is 2.57. The third kappa shape index (κ3) is 6.91. The fourth-order valence-corrected chi connectivity index (χ4v) is 1.96. The van der Waals surface area contributed by atoms with Crippen LogP contribution in [0.3, 0.4) is 0 Å². The molecule has 0 aromatic rings. The van der Waals surface area contributed by atoms with E-state index in [1.54, 1.807) is 0 Å². The Bertz CT molecular complexity index is 156. The fourth-order valence-electron chi connectivity index (χ4n) is 1.96. The predicted octanol–water partition coefficient (Wildman–Crippen LogP) is 2.74. The highest BCUT2D eigenvalue weighted by Gasteiger charge is 2.22. The van der Waals surface area contributed by atoms with Crippen LogP contribution in [-0.2, 0) is 0 Å². The summed E-state index contributed by atoms with van der Waals surface area (Å²) in [5.41, 5.74) is 0.272. The van der Waals surface area contributed by atoms with Gasteiger partial charge >= 0.3 is 0 Å². The molecular weight excluding hydrogens is 184 g/mol. The maximum atomic E-state index is 3.50. The van der Waals surface area contributed by atoms with Crippen molar-refractivity contribution in [2.24, 2.45) is 5.92 Å². The molecule has 0 radical (unpaired) electrons. The van der Waals surface area contributed by atoms with Gasteiger partial charge in [0.05, 0.1) is 0 Å². The first kappa shape index (κ1) is 14.9. The van der Waals surface area contributed by atoms with Gasteiger partial charge in [-0.2, -0.15) is 0 Å². The van der Waals surface area contributed by atoms with Crippen LogP contribution in [0.2, 0.25) is 0 Å². The average Bonchev–Trinajstić information content (AvgIpc) is 1.99. The standard InChI is InChI=1S/C13H30N2/c1-11(2)10-14-8-9-15(12(3)4)13(5,6)7/h11-12,14H,8-10H2,1-7H3. The van der Waals surface area contributed by atoms with E-state index in [4.69, 9.17) is 0 Å². The Balaban J connectivity index is 3.89. The SMILES string of the molecule is CC(C)CNCCN(C(C)C)C(C)(C)C. The summed E-state index contributed by atoms with van der Waals surface area (Å²) in [4.78, 5) is 2.54. The molecule has 2 heteroatoms. The Labute approximate surface area is 96.4 Å². The van der Waals surface area contributed by atoms with Crippen molar-refractivity contribution in [3.8, 4) is 0 Å². The number of nitrogens with one attached hydrogen (secondary N) is 1. The molecule has 0 saturated heterocycles. The highest BCUT2D eigenvalue weighted by molar-refractivity contribution is 4.79. The van der Waals surface area contributed by atoms with Gasteiger partial charge in [0.15, 0.2) is 0 Å². The normalized spacial score (nSPS) is 13.2. The largest absolute Gasteiger partial charge is 0.315 e. The van der Waals surface area contributed by atoms with Crippen molar-refractivity contribution in [1.29, 1.82) is 0 Å². The number of hydrogen-bond acceptors (Lipinski definition) is 2. The maximum Gasteiger partial charge on any atom is 0.0128 e. The lowest BCUT2D eigenvalue weighted by Crippen LogP contribution is -2.48. The zero-order valence-electron chi connectivity index (χ0n) is 11.7. The van der Waals surface area contributed by atoms with E-state index in [1.165, 1.54) is 0 Å². The second-order valence-electron chi connectivity index (χ2n) is 6.06. The minimum atomic E-state index is 0.272. The van der Waals surface area contributed by atoms with Crippen LogP contribution in [-0.4, -0.2) is 36.1 Å². The maximum absolute atomic E-state index is 3.50. The Morgan fingerprint density at radius 1 is 1.07 bits per heavy atom. The Morgan fingerprint density at radius 3 is 1.93 bits per heavy atom. The monoisotopic (exact) mass is 214 g/mol. The lowest BCUT2D eigenvalue weighted by Gasteiger charge is -2.39. The van der Waals surface area contributed by atoms with Crippen LogP contribution in [0.15, 0.2) is 0 Å². The van der Waals surface area contributed by atoms with Gasteiger partial charge in [-0.15, -0.1) is 0 Å². The fraction of sp³-hybridized carbons (Fsp3) is 1.00. The molecule has 0 bridgehead atoms. The van der Waals surface area contributed by atoms with E-state index in [2.05, 4.69) is 58.7 Å². The molecule has 0 fully saturated rings. The van der Waals surface area contributed by atoms with Crippen LogP contribution in [0.1, 0.15) is 48.5 Å². The molecule has 0 spiro atoms. The van der Waals surface area contributed by atoms with E-state index in [0.29, 0.717) is 6.04 Å². The molecule has 0 aromatic heterocycles. The predicted molar refractivity (Wildman–Crippen MR) is 69.3 cm³/mol. The van der Waals surface area contributed by atoms with Crippen LogP contribution in [0, 0.1) is 5.92 Å². The molecule has 15 heavy (non-hydrogen) atoms. The Morgan fingerprint density at radius 2 is 1.60 bits per heavy atom. The topological polar surface area (TPSA) is 15.3 Å². The van der Waals surface area contributed by atoms with Crippen molar-refractivity contribution in [2.75, 3.05) is 19.6 Å². The van der Waals surface area contributed by atoms with Gasteiger partial charge in [0.2, 0.25) is 0 Å². The lowest BCUT2D eigenvalue weighted by atomic mass is 10.0. The number of hydrogen-bond donors (Lipinski definition) is 1. The van der Waals surface area contributed by atoms with Gasteiger partial charge in [-0.3, -0.25) is 4.90 Å². The van der Waals surface area contributed by atoms with Crippen LogP contribution in [0.5, 0.6) is 0 Å². The summed E-state index contributed by atoms with van der Waals surface area (Å²) in [6.45, 7) is 19.2. The zero-order chi connectivity index (χ0) is 12.1. The number of nitrogens with zero attached hydrogens (tertiary/aromatic N) is 1.